The van der Waals surface area contributed by atoms with Gasteiger partial charge in [0.05, 0.1) is 12.5 Å². The van der Waals surface area contributed by atoms with Gasteiger partial charge in [-0.1, -0.05) is 41.9 Å². The van der Waals surface area contributed by atoms with Crippen molar-refractivity contribution in [1.29, 1.82) is 0 Å². The van der Waals surface area contributed by atoms with Crippen molar-refractivity contribution in [2.24, 2.45) is 5.73 Å². The maximum atomic E-state index is 14.0. The van der Waals surface area contributed by atoms with Crippen LogP contribution in [0, 0.1) is 5.82 Å². The lowest BCUT2D eigenvalue weighted by molar-refractivity contribution is -0.192. The van der Waals surface area contributed by atoms with Crippen molar-refractivity contribution in [3.05, 3.63) is 70.0 Å². The molecule has 8 nitrogen and oxygen atoms in total. The topological polar surface area (TPSA) is 107 Å². The molecule has 0 unspecified atom stereocenters. The average Bonchev–Trinajstić information content (AvgIpc) is 3.30. The molecule has 0 aliphatic carbocycles. The number of piperazine rings is 1. The lowest BCUT2D eigenvalue weighted by Crippen LogP contribution is -2.51. The number of benzene rings is 2. The first kappa shape index (κ1) is 29.3. The van der Waals surface area contributed by atoms with Crippen LogP contribution in [0.5, 0.6) is 0 Å². The van der Waals surface area contributed by atoms with Crippen LogP contribution < -0.4 is 5.73 Å². The predicted molar refractivity (Wildman–Crippen MR) is 130 cm³/mol. The van der Waals surface area contributed by atoms with E-state index in [0.29, 0.717) is 56.4 Å². The summed E-state index contributed by atoms with van der Waals surface area (Å²) < 4.78 is 45.8. The van der Waals surface area contributed by atoms with E-state index in [-0.39, 0.29) is 24.1 Å². The molecule has 1 atom stereocenters. The van der Waals surface area contributed by atoms with E-state index in [1.165, 1.54) is 6.07 Å². The Labute approximate surface area is 221 Å². The zero-order valence-corrected chi connectivity index (χ0v) is 21.0. The first-order chi connectivity index (χ1) is 17.9. The number of nitrogens with two attached hydrogens (primary N) is 1. The van der Waals surface area contributed by atoms with Crippen LogP contribution in [-0.2, 0) is 34.0 Å². The monoisotopic (exact) mass is 558 g/mol. The van der Waals surface area contributed by atoms with Crippen LogP contribution in [0.3, 0.4) is 0 Å². The molecule has 206 valence electrons. The van der Waals surface area contributed by atoms with Crippen LogP contribution >= 0.6 is 11.6 Å². The van der Waals surface area contributed by atoms with Gasteiger partial charge in [-0.3, -0.25) is 14.5 Å². The average molecular weight is 559 g/mol. The minimum atomic E-state index is -5.08. The molecule has 2 aliphatic rings. The number of fused-ring (bicyclic) bond motifs is 1. The molecule has 0 aromatic heterocycles. The summed E-state index contributed by atoms with van der Waals surface area (Å²) in [5.74, 6) is -3.40. The SMILES string of the molecule is N[C@@H](CC(=O)N1CCN(Cc2c(F)cccc2Cl)CC1)C(=O)N1Cc2ccccc2C1.O=C(O)C(F)(F)F. The summed E-state index contributed by atoms with van der Waals surface area (Å²) in [4.78, 5) is 39.8. The number of halogens is 5. The molecular formula is C25H27ClF4N4O4. The Bertz CT molecular complexity index is 1130. The summed E-state index contributed by atoms with van der Waals surface area (Å²) >= 11 is 6.12. The van der Waals surface area contributed by atoms with E-state index in [4.69, 9.17) is 27.2 Å². The van der Waals surface area contributed by atoms with Gasteiger partial charge in [-0.15, -0.1) is 0 Å². The van der Waals surface area contributed by atoms with Crippen molar-refractivity contribution in [2.75, 3.05) is 26.2 Å². The second-order valence-electron chi connectivity index (χ2n) is 8.93. The van der Waals surface area contributed by atoms with Gasteiger partial charge in [-0.2, -0.15) is 13.2 Å². The zero-order chi connectivity index (χ0) is 28.0. The molecule has 2 aromatic rings. The number of alkyl halides is 3. The number of amides is 2. The second kappa shape index (κ2) is 12.5. The summed E-state index contributed by atoms with van der Waals surface area (Å²) in [6.45, 7) is 3.73. The fourth-order valence-electron chi connectivity index (χ4n) is 4.19. The number of carbonyl (C=O) groups is 3. The molecule has 2 aliphatic heterocycles. The van der Waals surface area contributed by atoms with Crippen LogP contribution in [-0.4, -0.2) is 76.0 Å². The van der Waals surface area contributed by atoms with E-state index in [1.54, 1.807) is 21.9 Å². The van der Waals surface area contributed by atoms with Crippen LogP contribution in [0.1, 0.15) is 23.1 Å². The van der Waals surface area contributed by atoms with Crippen molar-refractivity contribution in [1.82, 2.24) is 14.7 Å². The summed E-state index contributed by atoms with van der Waals surface area (Å²) in [6.07, 6.45) is -5.09. The highest BCUT2D eigenvalue weighted by atomic mass is 35.5. The van der Waals surface area contributed by atoms with E-state index in [2.05, 4.69) is 4.90 Å². The Morgan fingerprint density at radius 3 is 2.00 bits per heavy atom. The molecule has 2 heterocycles. The zero-order valence-electron chi connectivity index (χ0n) is 20.3. The Hall–Kier alpha value is -3.22. The molecule has 0 spiro atoms. The van der Waals surface area contributed by atoms with Crippen LogP contribution in [0.2, 0.25) is 5.02 Å². The number of carboxylic acid groups (broad SMARTS) is 1. The molecule has 1 saturated heterocycles. The molecule has 3 N–H and O–H groups in total. The molecule has 38 heavy (non-hydrogen) atoms. The molecule has 2 amide bonds. The fraction of sp³-hybridized carbons (Fsp3) is 0.400. The Morgan fingerprint density at radius 1 is 0.947 bits per heavy atom. The highest BCUT2D eigenvalue weighted by molar-refractivity contribution is 6.31. The van der Waals surface area contributed by atoms with E-state index in [9.17, 15) is 27.2 Å². The van der Waals surface area contributed by atoms with Crippen molar-refractivity contribution in [3.8, 4) is 0 Å². The third kappa shape index (κ3) is 7.65. The second-order valence-corrected chi connectivity index (χ2v) is 9.34. The third-order valence-corrected chi connectivity index (χ3v) is 6.63. The van der Waals surface area contributed by atoms with Gasteiger partial charge in [0.2, 0.25) is 11.8 Å². The van der Waals surface area contributed by atoms with Crippen LogP contribution in [0.4, 0.5) is 17.6 Å². The molecule has 0 saturated carbocycles. The van der Waals surface area contributed by atoms with E-state index in [0.717, 1.165) is 11.1 Å². The van der Waals surface area contributed by atoms with Crippen LogP contribution in [0.25, 0.3) is 0 Å². The smallest absolute Gasteiger partial charge is 0.475 e. The van der Waals surface area contributed by atoms with Crippen molar-refractivity contribution < 1.29 is 37.1 Å². The number of hydrogen-bond donors (Lipinski definition) is 2. The molecular weight excluding hydrogens is 532 g/mol. The molecule has 2 aromatic carbocycles. The quantitative estimate of drug-likeness (QED) is 0.547. The summed E-state index contributed by atoms with van der Waals surface area (Å²) in [7, 11) is 0. The van der Waals surface area contributed by atoms with Crippen molar-refractivity contribution in [3.63, 3.8) is 0 Å². The summed E-state index contributed by atoms with van der Waals surface area (Å²) in [5.41, 5.74) is 8.82. The number of rotatable bonds is 5. The Kier molecular flexibility index (Phi) is 9.69. The van der Waals surface area contributed by atoms with Gasteiger partial charge in [0.15, 0.2) is 0 Å². The molecule has 13 heteroatoms. The van der Waals surface area contributed by atoms with E-state index in [1.807, 2.05) is 24.3 Å². The van der Waals surface area contributed by atoms with Crippen molar-refractivity contribution >= 4 is 29.4 Å². The number of carboxylic acids is 1. The van der Waals surface area contributed by atoms with E-state index >= 15 is 0 Å². The standard InChI is InChI=1S/C23H26ClFN4O2.C2HF3O2/c24-19-6-3-7-20(25)18(19)15-27-8-10-28(11-9-27)22(30)12-21(26)23(31)29-13-16-4-1-2-5-17(16)14-29;3-2(4,5)1(6)7/h1-7,21H,8-15,26H2;(H,6,7)/t21-;/m0./s1. The maximum Gasteiger partial charge on any atom is 0.490 e. The lowest BCUT2D eigenvalue weighted by atomic mass is 10.1. The number of aliphatic carboxylic acids is 1. The Balaban J connectivity index is 0.000000505. The van der Waals surface area contributed by atoms with Gasteiger partial charge < -0.3 is 20.6 Å². The highest BCUT2D eigenvalue weighted by Crippen LogP contribution is 2.24. The van der Waals surface area contributed by atoms with Gasteiger partial charge in [0, 0.05) is 56.4 Å². The normalized spacial score (nSPS) is 16.4. The van der Waals surface area contributed by atoms with Gasteiger partial charge in [-0.05, 0) is 23.3 Å². The Morgan fingerprint density at radius 2 is 1.50 bits per heavy atom. The minimum Gasteiger partial charge on any atom is -0.475 e. The molecule has 1 fully saturated rings. The van der Waals surface area contributed by atoms with Crippen molar-refractivity contribution in [2.45, 2.75) is 38.3 Å². The minimum absolute atomic E-state index is 0.00911. The number of hydrogen-bond acceptors (Lipinski definition) is 5. The lowest BCUT2D eigenvalue weighted by Gasteiger charge is -2.35. The molecule has 0 bridgehead atoms. The summed E-state index contributed by atoms with van der Waals surface area (Å²) in [6, 6.07) is 11.7. The number of nitrogens with zero attached hydrogens (tertiary/aromatic N) is 3. The summed E-state index contributed by atoms with van der Waals surface area (Å²) in [5, 5.41) is 7.53. The highest BCUT2D eigenvalue weighted by Gasteiger charge is 2.38. The maximum absolute atomic E-state index is 14.0. The first-order valence-electron chi connectivity index (χ1n) is 11.7. The van der Waals surface area contributed by atoms with E-state index < -0.39 is 18.2 Å². The largest absolute Gasteiger partial charge is 0.490 e. The molecule has 4 rings (SSSR count). The van der Waals surface area contributed by atoms with Gasteiger partial charge in [-0.25, -0.2) is 9.18 Å². The van der Waals surface area contributed by atoms with Gasteiger partial charge in [0.25, 0.3) is 0 Å². The van der Waals surface area contributed by atoms with Crippen LogP contribution in [0.15, 0.2) is 42.5 Å². The predicted octanol–water partition coefficient (Wildman–Crippen LogP) is 3.02. The van der Waals surface area contributed by atoms with Gasteiger partial charge >= 0.3 is 12.1 Å². The fourth-order valence-corrected chi connectivity index (χ4v) is 4.41. The third-order valence-electron chi connectivity index (χ3n) is 6.28. The molecule has 0 radical (unpaired) electrons. The number of carbonyl (C=O) groups excluding carboxylic acids is 2. The van der Waals surface area contributed by atoms with Gasteiger partial charge in [0.1, 0.15) is 5.82 Å². The first-order valence-corrected chi connectivity index (χ1v) is 12.1.